The molecule has 0 bridgehead atoms. The van der Waals surface area contributed by atoms with E-state index in [-0.39, 0.29) is 0 Å². The Kier molecular flexibility index (Phi) is 2.69. The zero-order chi connectivity index (χ0) is 8.10. The Morgan fingerprint density at radius 3 is 2.82 bits per heavy atom. The number of anilines is 1. The Labute approximate surface area is 66.1 Å². The van der Waals surface area contributed by atoms with Gasteiger partial charge in [-0.1, -0.05) is 24.3 Å². The van der Waals surface area contributed by atoms with Crippen molar-refractivity contribution < 1.29 is 5.21 Å². The molecule has 0 fully saturated rings. The minimum atomic E-state index is 0.743. The van der Waals surface area contributed by atoms with Gasteiger partial charge in [-0.15, -0.1) is 6.58 Å². The highest BCUT2D eigenvalue weighted by Crippen LogP contribution is 2.14. The second-order valence-corrected chi connectivity index (χ2v) is 2.26. The van der Waals surface area contributed by atoms with Crippen LogP contribution in [0.2, 0.25) is 0 Å². The molecule has 0 amide bonds. The summed E-state index contributed by atoms with van der Waals surface area (Å²) < 4.78 is 0. The Balaban J connectivity index is 2.92. The second-order valence-electron chi connectivity index (χ2n) is 2.26. The van der Waals surface area contributed by atoms with Crippen LogP contribution in [-0.2, 0) is 6.42 Å². The van der Waals surface area contributed by atoms with E-state index in [1.165, 1.54) is 0 Å². The maximum absolute atomic E-state index is 8.66. The van der Waals surface area contributed by atoms with Gasteiger partial charge in [-0.2, -0.15) is 0 Å². The maximum Gasteiger partial charge on any atom is 0.0637 e. The minimum Gasteiger partial charge on any atom is -0.291 e. The van der Waals surface area contributed by atoms with E-state index < -0.39 is 0 Å². The number of para-hydroxylation sites is 1. The van der Waals surface area contributed by atoms with Gasteiger partial charge in [-0.3, -0.25) is 10.7 Å². The molecule has 1 aromatic carbocycles. The van der Waals surface area contributed by atoms with Crippen LogP contribution in [0.15, 0.2) is 36.9 Å². The van der Waals surface area contributed by atoms with Crippen molar-refractivity contribution in [1.29, 1.82) is 0 Å². The average Bonchev–Trinajstić information content (AvgIpc) is 2.06. The molecule has 2 N–H and O–H groups in total. The molecule has 0 heterocycles. The number of benzene rings is 1. The van der Waals surface area contributed by atoms with Gasteiger partial charge in [0.2, 0.25) is 0 Å². The summed E-state index contributed by atoms with van der Waals surface area (Å²) in [6.07, 6.45) is 2.57. The number of rotatable bonds is 3. The summed E-state index contributed by atoms with van der Waals surface area (Å²) in [5.41, 5.74) is 3.92. The molecular weight excluding hydrogens is 138 g/mol. The highest BCUT2D eigenvalue weighted by molar-refractivity contribution is 5.49. The predicted octanol–water partition coefficient (Wildman–Crippen LogP) is 2.22. The monoisotopic (exact) mass is 149 g/mol. The van der Waals surface area contributed by atoms with Gasteiger partial charge in [0, 0.05) is 0 Å². The number of hydrogen-bond donors (Lipinski definition) is 2. The summed E-state index contributed by atoms with van der Waals surface area (Å²) in [7, 11) is 0. The molecule has 0 atom stereocenters. The van der Waals surface area contributed by atoms with Crippen molar-refractivity contribution in [2.45, 2.75) is 6.42 Å². The lowest BCUT2D eigenvalue weighted by Crippen LogP contribution is -1.93. The first kappa shape index (κ1) is 7.82. The molecule has 0 spiro atoms. The van der Waals surface area contributed by atoms with E-state index in [0.717, 1.165) is 17.7 Å². The molecule has 0 aliphatic heterocycles. The van der Waals surface area contributed by atoms with Crippen LogP contribution < -0.4 is 5.48 Å². The van der Waals surface area contributed by atoms with E-state index in [1.54, 1.807) is 6.08 Å². The van der Waals surface area contributed by atoms with Gasteiger partial charge in [0.15, 0.2) is 0 Å². The van der Waals surface area contributed by atoms with Crippen LogP contribution in [0.25, 0.3) is 0 Å². The standard InChI is InChI=1S/C9H11NO/c1-2-5-8-6-3-4-7-9(8)10-11/h2-4,6-7,10-11H,1,5H2. The fourth-order valence-corrected chi connectivity index (χ4v) is 0.963. The van der Waals surface area contributed by atoms with Gasteiger partial charge in [-0.05, 0) is 18.1 Å². The quantitative estimate of drug-likeness (QED) is 0.510. The SMILES string of the molecule is C=CCc1ccccc1NO. The third kappa shape index (κ3) is 1.82. The average molecular weight is 149 g/mol. The lowest BCUT2D eigenvalue weighted by Gasteiger charge is -2.03. The molecule has 0 aliphatic carbocycles. The molecule has 0 aromatic heterocycles. The summed E-state index contributed by atoms with van der Waals surface area (Å²) in [5.74, 6) is 0. The zero-order valence-electron chi connectivity index (χ0n) is 6.25. The molecule has 2 heteroatoms. The zero-order valence-corrected chi connectivity index (χ0v) is 6.25. The fourth-order valence-electron chi connectivity index (χ4n) is 0.963. The molecule has 0 unspecified atom stereocenters. The largest absolute Gasteiger partial charge is 0.291 e. The molecule has 58 valence electrons. The van der Waals surface area contributed by atoms with Crippen molar-refractivity contribution in [1.82, 2.24) is 0 Å². The molecule has 0 saturated heterocycles. The summed E-state index contributed by atoms with van der Waals surface area (Å²) in [6, 6.07) is 7.56. The molecule has 0 saturated carbocycles. The van der Waals surface area contributed by atoms with Crippen molar-refractivity contribution in [3.05, 3.63) is 42.5 Å². The molecule has 0 radical (unpaired) electrons. The normalized spacial score (nSPS) is 9.18. The topological polar surface area (TPSA) is 32.3 Å². The van der Waals surface area contributed by atoms with E-state index in [4.69, 9.17) is 5.21 Å². The summed E-state index contributed by atoms with van der Waals surface area (Å²) in [6.45, 7) is 3.62. The van der Waals surface area contributed by atoms with E-state index >= 15 is 0 Å². The van der Waals surface area contributed by atoms with E-state index in [2.05, 4.69) is 12.1 Å². The maximum atomic E-state index is 8.66. The van der Waals surface area contributed by atoms with Crippen molar-refractivity contribution >= 4 is 5.69 Å². The van der Waals surface area contributed by atoms with Crippen molar-refractivity contribution in [2.24, 2.45) is 0 Å². The summed E-state index contributed by atoms with van der Waals surface area (Å²) >= 11 is 0. The Morgan fingerprint density at radius 1 is 1.45 bits per heavy atom. The molecular formula is C9H11NO. The van der Waals surface area contributed by atoms with Gasteiger partial charge in [-0.25, -0.2) is 0 Å². The first-order valence-corrected chi connectivity index (χ1v) is 3.47. The first-order chi connectivity index (χ1) is 5.38. The molecule has 1 aromatic rings. The van der Waals surface area contributed by atoms with Crippen LogP contribution in [0.4, 0.5) is 5.69 Å². The smallest absolute Gasteiger partial charge is 0.0637 e. The summed E-state index contributed by atoms with van der Waals surface area (Å²) in [5, 5.41) is 8.66. The Bertz CT molecular complexity index is 245. The Hall–Kier alpha value is -1.28. The lowest BCUT2D eigenvalue weighted by molar-refractivity contribution is 0.388. The third-order valence-electron chi connectivity index (χ3n) is 1.50. The minimum absolute atomic E-state index is 0.743. The molecule has 2 nitrogen and oxygen atoms in total. The van der Waals surface area contributed by atoms with Crippen LogP contribution in [0.5, 0.6) is 0 Å². The fraction of sp³-hybridized carbons (Fsp3) is 0.111. The lowest BCUT2D eigenvalue weighted by atomic mass is 10.1. The summed E-state index contributed by atoms with van der Waals surface area (Å²) in [4.78, 5) is 0. The molecule has 1 rings (SSSR count). The second kappa shape index (κ2) is 3.78. The van der Waals surface area contributed by atoms with E-state index in [0.29, 0.717) is 0 Å². The van der Waals surface area contributed by atoms with Crippen molar-refractivity contribution in [2.75, 3.05) is 5.48 Å². The van der Waals surface area contributed by atoms with Crippen LogP contribution >= 0.6 is 0 Å². The van der Waals surface area contributed by atoms with Gasteiger partial charge in [0.05, 0.1) is 5.69 Å². The predicted molar refractivity (Wildman–Crippen MR) is 45.8 cm³/mol. The molecule has 11 heavy (non-hydrogen) atoms. The molecule has 0 aliphatic rings. The first-order valence-electron chi connectivity index (χ1n) is 3.47. The van der Waals surface area contributed by atoms with E-state index in [1.807, 2.05) is 24.3 Å². The van der Waals surface area contributed by atoms with Crippen LogP contribution in [0, 0.1) is 0 Å². The Morgan fingerprint density at radius 2 is 2.18 bits per heavy atom. The van der Waals surface area contributed by atoms with Gasteiger partial charge in [0.1, 0.15) is 0 Å². The van der Waals surface area contributed by atoms with E-state index in [9.17, 15) is 0 Å². The van der Waals surface area contributed by atoms with Crippen molar-refractivity contribution in [3.63, 3.8) is 0 Å². The van der Waals surface area contributed by atoms with Gasteiger partial charge >= 0.3 is 0 Å². The van der Waals surface area contributed by atoms with Crippen LogP contribution in [0.3, 0.4) is 0 Å². The number of hydrogen-bond acceptors (Lipinski definition) is 2. The number of allylic oxidation sites excluding steroid dienone is 1. The van der Waals surface area contributed by atoms with Crippen LogP contribution in [-0.4, -0.2) is 5.21 Å². The number of nitrogens with one attached hydrogen (secondary N) is 1. The highest BCUT2D eigenvalue weighted by Gasteiger charge is 1.95. The highest BCUT2D eigenvalue weighted by atomic mass is 16.5. The van der Waals surface area contributed by atoms with Gasteiger partial charge in [0.25, 0.3) is 0 Å². The van der Waals surface area contributed by atoms with Crippen LogP contribution in [0.1, 0.15) is 5.56 Å². The van der Waals surface area contributed by atoms with Crippen molar-refractivity contribution in [3.8, 4) is 0 Å². The third-order valence-corrected chi connectivity index (χ3v) is 1.50. The van der Waals surface area contributed by atoms with Gasteiger partial charge < -0.3 is 0 Å².